The molecule has 0 spiro atoms. The summed E-state index contributed by atoms with van der Waals surface area (Å²) >= 11 is 0. The lowest BCUT2D eigenvalue weighted by molar-refractivity contribution is 0.0689. The number of rotatable bonds is 5. The van der Waals surface area contributed by atoms with Crippen molar-refractivity contribution in [3.63, 3.8) is 0 Å². The van der Waals surface area contributed by atoms with Crippen LogP contribution in [0.3, 0.4) is 0 Å². The summed E-state index contributed by atoms with van der Waals surface area (Å²) < 4.78 is 6.75. The third-order valence-corrected chi connectivity index (χ3v) is 3.40. The van der Waals surface area contributed by atoms with Gasteiger partial charge in [-0.25, -0.2) is 9.48 Å². The third-order valence-electron chi connectivity index (χ3n) is 3.40. The number of carbonyl (C=O) groups excluding carboxylic acids is 1. The minimum Gasteiger partial charge on any atom is -0.476 e. The molecule has 0 saturated carbocycles. The van der Waals surface area contributed by atoms with Crippen molar-refractivity contribution < 1.29 is 19.1 Å². The number of aromatic carboxylic acids is 1. The Morgan fingerprint density at radius 2 is 2.08 bits per heavy atom. The summed E-state index contributed by atoms with van der Waals surface area (Å²) in [5.41, 5.74) is 1.54. The summed E-state index contributed by atoms with van der Waals surface area (Å²) in [5, 5.41) is 15.7. The van der Waals surface area contributed by atoms with E-state index < -0.39 is 5.97 Å². The number of carbonyl (C=O) groups is 2. The molecule has 3 rings (SSSR count). The lowest BCUT2D eigenvalue weighted by Crippen LogP contribution is -2.22. The molecule has 0 aliphatic carbocycles. The van der Waals surface area contributed by atoms with E-state index in [4.69, 9.17) is 9.52 Å². The van der Waals surface area contributed by atoms with Gasteiger partial charge in [0, 0.05) is 12.7 Å². The van der Waals surface area contributed by atoms with Gasteiger partial charge in [0.15, 0.2) is 11.5 Å². The molecule has 122 valence electrons. The Kier molecular flexibility index (Phi) is 4.15. The second kappa shape index (κ2) is 6.41. The fourth-order valence-electron chi connectivity index (χ4n) is 2.22. The summed E-state index contributed by atoms with van der Waals surface area (Å²) in [6, 6.07) is 12.1. The molecule has 24 heavy (non-hydrogen) atoms. The Bertz CT molecular complexity index is 895. The van der Waals surface area contributed by atoms with Crippen LogP contribution in [0.15, 0.2) is 53.1 Å². The van der Waals surface area contributed by atoms with Gasteiger partial charge in [-0.3, -0.25) is 4.79 Å². The van der Waals surface area contributed by atoms with E-state index in [0.29, 0.717) is 18.0 Å². The normalized spacial score (nSPS) is 10.5. The van der Waals surface area contributed by atoms with Crippen molar-refractivity contribution in [1.82, 2.24) is 15.1 Å². The summed E-state index contributed by atoms with van der Waals surface area (Å²) in [6.07, 6.45) is 1.58. The molecule has 0 fully saturated rings. The molecule has 0 bridgehead atoms. The van der Waals surface area contributed by atoms with Crippen molar-refractivity contribution in [3.05, 3.63) is 71.4 Å². The number of hydrogen-bond donors (Lipinski definition) is 2. The molecule has 0 atom stereocenters. The van der Waals surface area contributed by atoms with Crippen LogP contribution in [0.4, 0.5) is 0 Å². The minimum atomic E-state index is -1.08. The highest BCUT2D eigenvalue weighted by atomic mass is 16.4. The molecule has 7 heteroatoms. The van der Waals surface area contributed by atoms with Gasteiger partial charge in [-0.2, -0.15) is 5.10 Å². The summed E-state index contributed by atoms with van der Waals surface area (Å²) in [7, 11) is 0. The first-order chi connectivity index (χ1) is 11.5. The highest BCUT2D eigenvalue weighted by Gasteiger charge is 2.10. The number of aromatic nitrogens is 2. The van der Waals surface area contributed by atoms with Gasteiger partial charge in [-0.05, 0) is 42.8 Å². The smallest absolute Gasteiger partial charge is 0.356 e. The van der Waals surface area contributed by atoms with E-state index >= 15 is 0 Å². The highest BCUT2D eigenvalue weighted by Crippen LogP contribution is 2.12. The molecular weight excluding hydrogens is 310 g/mol. The van der Waals surface area contributed by atoms with Crippen LogP contribution in [0.2, 0.25) is 0 Å². The van der Waals surface area contributed by atoms with Crippen LogP contribution in [0.5, 0.6) is 0 Å². The highest BCUT2D eigenvalue weighted by molar-refractivity contribution is 5.91. The molecule has 7 nitrogen and oxygen atoms in total. The fourth-order valence-corrected chi connectivity index (χ4v) is 2.22. The first-order valence-electron chi connectivity index (χ1n) is 7.26. The van der Waals surface area contributed by atoms with E-state index in [-0.39, 0.29) is 17.4 Å². The van der Waals surface area contributed by atoms with Gasteiger partial charge in [0.1, 0.15) is 5.76 Å². The van der Waals surface area contributed by atoms with Crippen LogP contribution in [0.25, 0.3) is 5.69 Å². The summed E-state index contributed by atoms with van der Waals surface area (Å²) in [5.74, 6) is -0.427. The zero-order valence-electron chi connectivity index (χ0n) is 12.9. The average Bonchev–Trinajstić information content (AvgIpc) is 3.22. The van der Waals surface area contributed by atoms with Crippen LogP contribution < -0.4 is 5.32 Å². The molecule has 0 aliphatic rings. The van der Waals surface area contributed by atoms with Crippen LogP contribution >= 0.6 is 0 Å². The molecule has 0 radical (unpaired) electrons. The molecule has 1 aromatic carbocycles. The standard InChI is InChI=1S/C17H15N3O4/c1-11-5-6-15(24-11)16(21)18-10-12-3-2-4-13(9-12)20-8-7-14(19-20)17(22)23/h2-9H,10H2,1H3,(H,18,21)(H,22,23). The molecule has 2 aromatic heterocycles. The Labute approximate surface area is 137 Å². The first kappa shape index (κ1) is 15.5. The summed E-state index contributed by atoms with van der Waals surface area (Å²) in [4.78, 5) is 22.9. The second-order valence-corrected chi connectivity index (χ2v) is 5.21. The van der Waals surface area contributed by atoms with Gasteiger partial charge in [-0.1, -0.05) is 12.1 Å². The number of nitrogens with one attached hydrogen (secondary N) is 1. The van der Waals surface area contributed by atoms with E-state index in [9.17, 15) is 9.59 Å². The maximum absolute atomic E-state index is 12.0. The number of carboxylic acids is 1. The molecule has 2 heterocycles. The number of furan rings is 1. The topological polar surface area (TPSA) is 97.4 Å². The van der Waals surface area contributed by atoms with Gasteiger partial charge in [0.25, 0.3) is 5.91 Å². The van der Waals surface area contributed by atoms with Gasteiger partial charge in [0.2, 0.25) is 0 Å². The molecule has 0 unspecified atom stereocenters. The average molecular weight is 325 g/mol. The lowest BCUT2D eigenvalue weighted by atomic mass is 10.2. The van der Waals surface area contributed by atoms with Gasteiger partial charge >= 0.3 is 5.97 Å². The predicted molar refractivity (Wildman–Crippen MR) is 85.1 cm³/mol. The van der Waals surface area contributed by atoms with Crippen LogP contribution in [-0.2, 0) is 6.54 Å². The van der Waals surface area contributed by atoms with E-state index in [1.54, 1.807) is 31.3 Å². The SMILES string of the molecule is Cc1ccc(C(=O)NCc2cccc(-n3ccc(C(=O)O)n3)c2)o1. The number of amides is 1. The molecular formula is C17H15N3O4. The van der Waals surface area contributed by atoms with Crippen molar-refractivity contribution in [2.24, 2.45) is 0 Å². The Morgan fingerprint density at radius 3 is 2.75 bits per heavy atom. The largest absolute Gasteiger partial charge is 0.476 e. The van der Waals surface area contributed by atoms with Crippen molar-refractivity contribution in [2.45, 2.75) is 13.5 Å². The molecule has 0 saturated heterocycles. The number of hydrogen-bond acceptors (Lipinski definition) is 4. The van der Waals surface area contributed by atoms with Gasteiger partial charge in [0.05, 0.1) is 5.69 Å². The van der Waals surface area contributed by atoms with Crippen molar-refractivity contribution in [2.75, 3.05) is 0 Å². The summed E-state index contributed by atoms with van der Waals surface area (Å²) in [6.45, 7) is 2.09. The maximum Gasteiger partial charge on any atom is 0.356 e. The predicted octanol–water partition coefficient (Wildman–Crippen LogP) is 2.40. The van der Waals surface area contributed by atoms with E-state index in [1.807, 2.05) is 18.2 Å². The van der Waals surface area contributed by atoms with E-state index in [1.165, 1.54) is 10.7 Å². The Balaban J connectivity index is 1.71. The van der Waals surface area contributed by atoms with E-state index in [2.05, 4.69) is 10.4 Å². The fraction of sp³-hybridized carbons (Fsp3) is 0.118. The number of carboxylic acid groups (broad SMARTS) is 1. The molecule has 3 aromatic rings. The molecule has 0 aliphatic heterocycles. The van der Waals surface area contributed by atoms with E-state index in [0.717, 1.165) is 5.56 Å². The lowest BCUT2D eigenvalue weighted by Gasteiger charge is -2.06. The number of aryl methyl sites for hydroxylation is 1. The second-order valence-electron chi connectivity index (χ2n) is 5.21. The van der Waals surface area contributed by atoms with Crippen LogP contribution in [-0.4, -0.2) is 26.8 Å². The first-order valence-corrected chi connectivity index (χ1v) is 7.26. The maximum atomic E-state index is 12.0. The van der Waals surface area contributed by atoms with Crippen molar-refractivity contribution in [3.8, 4) is 5.69 Å². The Hall–Kier alpha value is -3.35. The zero-order chi connectivity index (χ0) is 17.1. The number of nitrogens with zero attached hydrogens (tertiary/aromatic N) is 2. The number of benzene rings is 1. The monoisotopic (exact) mass is 325 g/mol. The van der Waals surface area contributed by atoms with Crippen LogP contribution in [0, 0.1) is 6.92 Å². The molecule has 1 amide bonds. The van der Waals surface area contributed by atoms with Crippen molar-refractivity contribution >= 4 is 11.9 Å². The third kappa shape index (κ3) is 3.35. The van der Waals surface area contributed by atoms with Crippen molar-refractivity contribution in [1.29, 1.82) is 0 Å². The Morgan fingerprint density at radius 1 is 1.25 bits per heavy atom. The van der Waals surface area contributed by atoms with Crippen LogP contribution in [0.1, 0.15) is 32.4 Å². The zero-order valence-corrected chi connectivity index (χ0v) is 12.9. The van der Waals surface area contributed by atoms with Gasteiger partial charge in [-0.15, -0.1) is 0 Å². The minimum absolute atomic E-state index is 0.0260. The quantitative estimate of drug-likeness (QED) is 0.751. The molecule has 2 N–H and O–H groups in total. The van der Waals surface area contributed by atoms with Gasteiger partial charge < -0.3 is 14.8 Å².